The number of fused-ring (bicyclic) bond motifs is 4. The van der Waals surface area contributed by atoms with Gasteiger partial charge in [-0.3, -0.25) is 0 Å². The Hall–Kier alpha value is -2.37. The van der Waals surface area contributed by atoms with E-state index in [1.54, 1.807) is 14.2 Å². The van der Waals surface area contributed by atoms with Crippen molar-refractivity contribution in [3.05, 3.63) is 70.8 Å². The summed E-state index contributed by atoms with van der Waals surface area (Å²) in [6.07, 6.45) is 4.44. The number of rotatable bonds is 8. The Labute approximate surface area is 198 Å². The van der Waals surface area contributed by atoms with E-state index >= 15 is 0 Å². The molecule has 1 aliphatic heterocycles. The minimum atomic E-state index is -0.196. The maximum Gasteiger partial charge on any atom is 0.410 e. The van der Waals surface area contributed by atoms with Gasteiger partial charge in [-0.2, -0.15) is 0 Å². The van der Waals surface area contributed by atoms with Crippen LogP contribution in [0.3, 0.4) is 0 Å². The van der Waals surface area contributed by atoms with Crippen molar-refractivity contribution in [2.75, 3.05) is 20.8 Å². The standard InChI is InChI=1S/C28H37NO4/c1-20-12-13-23-18-25-21(2)28(24(23)17-20,14-8-11-26(31-3)32-4)15-16-29(25)27(30)33-19-22-9-6-5-7-10-22/h5-7,9-10,12-13,17,21,25-26H,8,11,14-16,18-19H2,1-4H3/t21-,25+,28+/m0/s1. The molecule has 0 N–H and O–H groups in total. The van der Waals surface area contributed by atoms with E-state index in [-0.39, 0.29) is 23.8 Å². The number of aryl methyl sites for hydroxylation is 1. The zero-order valence-electron chi connectivity index (χ0n) is 20.4. The molecule has 0 aromatic heterocycles. The number of benzene rings is 2. The molecule has 2 aromatic carbocycles. The maximum atomic E-state index is 13.1. The summed E-state index contributed by atoms with van der Waals surface area (Å²) < 4.78 is 16.6. The van der Waals surface area contributed by atoms with E-state index in [1.807, 2.05) is 35.2 Å². The van der Waals surface area contributed by atoms with Crippen LogP contribution in [0.4, 0.5) is 4.79 Å². The molecule has 3 atom stereocenters. The summed E-state index contributed by atoms with van der Waals surface area (Å²) in [5.74, 6) is 0.355. The quantitative estimate of drug-likeness (QED) is 0.489. The predicted octanol–water partition coefficient (Wildman–Crippen LogP) is 5.63. The Morgan fingerprint density at radius 2 is 1.91 bits per heavy atom. The van der Waals surface area contributed by atoms with Crippen LogP contribution in [0, 0.1) is 12.8 Å². The van der Waals surface area contributed by atoms with Crippen molar-refractivity contribution in [1.82, 2.24) is 4.90 Å². The van der Waals surface area contributed by atoms with E-state index in [4.69, 9.17) is 14.2 Å². The highest BCUT2D eigenvalue weighted by Gasteiger charge is 2.52. The first-order valence-electron chi connectivity index (χ1n) is 12.1. The predicted molar refractivity (Wildman–Crippen MR) is 129 cm³/mol. The summed E-state index contributed by atoms with van der Waals surface area (Å²) in [5.41, 5.74) is 5.23. The molecule has 1 heterocycles. The van der Waals surface area contributed by atoms with Gasteiger partial charge < -0.3 is 19.1 Å². The van der Waals surface area contributed by atoms with Crippen molar-refractivity contribution in [2.24, 2.45) is 5.92 Å². The zero-order chi connectivity index (χ0) is 23.4. The van der Waals surface area contributed by atoms with Crippen LogP contribution >= 0.6 is 0 Å². The maximum absolute atomic E-state index is 13.1. The van der Waals surface area contributed by atoms with E-state index in [2.05, 4.69) is 32.0 Å². The third kappa shape index (κ3) is 4.80. The fourth-order valence-electron chi connectivity index (χ4n) is 6.01. The van der Waals surface area contributed by atoms with E-state index in [9.17, 15) is 4.79 Å². The molecule has 2 bridgehead atoms. The van der Waals surface area contributed by atoms with Crippen LogP contribution in [0.2, 0.25) is 0 Å². The van der Waals surface area contributed by atoms with Crippen LogP contribution in [0.5, 0.6) is 0 Å². The number of carbonyl (C=O) groups excluding carboxylic acids is 1. The van der Waals surface area contributed by atoms with Gasteiger partial charge in [0.1, 0.15) is 6.61 Å². The normalized spacial score (nSPS) is 24.0. The highest BCUT2D eigenvalue weighted by molar-refractivity contribution is 5.69. The van der Waals surface area contributed by atoms with Gasteiger partial charge in [-0.25, -0.2) is 4.79 Å². The van der Waals surface area contributed by atoms with E-state index in [0.717, 1.165) is 44.2 Å². The van der Waals surface area contributed by atoms with Crippen molar-refractivity contribution in [2.45, 2.75) is 70.3 Å². The lowest BCUT2D eigenvalue weighted by Crippen LogP contribution is -2.60. The van der Waals surface area contributed by atoms with E-state index in [1.165, 1.54) is 16.7 Å². The molecule has 1 amide bonds. The van der Waals surface area contributed by atoms with E-state index in [0.29, 0.717) is 12.5 Å². The number of carbonyl (C=O) groups is 1. The van der Waals surface area contributed by atoms with Gasteiger partial charge >= 0.3 is 6.09 Å². The van der Waals surface area contributed by atoms with Gasteiger partial charge in [0.05, 0.1) is 0 Å². The Balaban J connectivity index is 1.54. The summed E-state index contributed by atoms with van der Waals surface area (Å²) in [6.45, 7) is 5.55. The number of likely N-dealkylation sites (tertiary alicyclic amines) is 1. The first kappa shape index (κ1) is 23.8. The molecule has 0 saturated carbocycles. The first-order valence-corrected chi connectivity index (χ1v) is 12.1. The molecule has 4 rings (SSSR count). The van der Waals surface area contributed by atoms with Crippen molar-refractivity contribution in [3.8, 4) is 0 Å². The SMILES string of the molecule is COC(CCC[C@]12CCN(C(=O)OCc3ccccc3)[C@H](Cc3ccc(C)cc31)[C@@H]2C)OC. The number of hydrogen-bond acceptors (Lipinski definition) is 4. The lowest BCUT2D eigenvalue weighted by Gasteiger charge is -2.56. The number of methoxy groups -OCH3 is 2. The van der Waals surface area contributed by atoms with Crippen molar-refractivity contribution >= 4 is 6.09 Å². The molecule has 5 nitrogen and oxygen atoms in total. The van der Waals surface area contributed by atoms with Gasteiger partial charge in [0.15, 0.2) is 6.29 Å². The number of hydrogen-bond donors (Lipinski definition) is 0. The molecular weight excluding hydrogens is 414 g/mol. The molecule has 0 spiro atoms. The highest BCUT2D eigenvalue weighted by atomic mass is 16.7. The molecule has 1 aliphatic carbocycles. The first-order chi connectivity index (χ1) is 16.0. The second-order valence-electron chi connectivity index (χ2n) is 9.65. The van der Waals surface area contributed by atoms with Crippen LogP contribution in [0.25, 0.3) is 0 Å². The Bertz CT molecular complexity index is 942. The molecule has 2 aromatic rings. The molecule has 2 aliphatic rings. The van der Waals surface area contributed by atoms with Crippen LogP contribution < -0.4 is 0 Å². The molecule has 33 heavy (non-hydrogen) atoms. The average molecular weight is 452 g/mol. The smallest absolute Gasteiger partial charge is 0.410 e. The highest BCUT2D eigenvalue weighted by Crippen LogP contribution is 2.52. The van der Waals surface area contributed by atoms with Gasteiger partial charge in [-0.1, -0.05) is 61.0 Å². The summed E-state index contributed by atoms with van der Waals surface area (Å²) in [7, 11) is 3.40. The van der Waals surface area contributed by atoms with Crippen molar-refractivity contribution in [3.63, 3.8) is 0 Å². The van der Waals surface area contributed by atoms with Crippen LogP contribution in [-0.4, -0.2) is 44.1 Å². The van der Waals surface area contributed by atoms with E-state index < -0.39 is 0 Å². The Morgan fingerprint density at radius 3 is 2.64 bits per heavy atom. The molecule has 0 radical (unpaired) electrons. The third-order valence-electron chi connectivity index (χ3n) is 7.91. The van der Waals surface area contributed by atoms with Crippen LogP contribution in [0.1, 0.15) is 54.9 Å². The Morgan fingerprint density at radius 1 is 1.15 bits per heavy atom. The summed E-state index contributed by atoms with van der Waals surface area (Å²) >= 11 is 0. The monoisotopic (exact) mass is 451 g/mol. The van der Waals surface area contributed by atoms with Gasteiger partial charge in [0, 0.05) is 32.2 Å². The molecule has 178 valence electrons. The van der Waals surface area contributed by atoms with Crippen LogP contribution in [-0.2, 0) is 32.7 Å². The second kappa shape index (κ2) is 10.3. The lowest BCUT2D eigenvalue weighted by molar-refractivity contribution is -0.108. The number of piperidine rings is 1. The number of amides is 1. The van der Waals surface area contributed by atoms with Crippen molar-refractivity contribution < 1.29 is 19.0 Å². The minimum Gasteiger partial charge on any atom is -0.445 e. The fraction of sp³-hybridized carbons (Fsp3) is 0.536. The van der Waals surface area contributed by atoms with Gasteiger partial charge in [-0.05, 0) is 61.6 Å². The largest absolute Gasteiger partial charge is 0.445 e. The average Bonchev–Trinajstić information content (AvgIpc) is 2.83. The van der Waals surface area contributed by atoms with Crippen molar-refractivity contribution in [1.29, 1.82) is 0 Å². The summed E-state index contributed by atoms with van der Waals surface area (Å²) in [4.78, 5) is 15.1. The topological polar surface area (TPSA) is 48.0 Å². The molecule has 1 fully saturated rings. The van der Waals surface area contributed by atoms with Gasteiger partial charge in [0.25, 0.3) is 0 Å². The molecular formula is C28H37NO4. The minimum absolute atomic E-state index is 0.0620. The van der Waals surface area contributed by atoms with Gasteiger partial charge in [-0.15, -0.1) is 0 Å². The van der Waals surface area contributed by atoms with Gasteiger partial charge in [0.2, 0.25) is 0 Å². The molecule has 5 heteroatoms. The third-order valence-corrected chi connectivity index (χ3v) is 7.91. The van der Waals surface area contributed by atoms with Crippen LogP contribution in [0.15, 0.2) is 48.5 Å². The fourth-order valence-corrected chi connectivity index (χ4v) is 6.01. The second-order valence-corrected chi connectivity index (χ2v) is 9.65. The molecule has 1 saturated heterocycles. The lowest BCUT2D eigenvalue weighted by atomic mass is 9.56. The zero-order valence-corrected chi connectivity index (χ0v) is 20.4. The number of ether oxygens (including phenoxy) is 3. The Kier molecular flexibility index (Phi) is 7.40. The number of nitrogens with zero attached hydrogens (tertiary/aromatic N) is 1. The summed E-state index contributed by atoms with van der Waals surface area (Å²) in [5, 5.41) is 0. The molecule has 0 unspecified atom stereocenters. The summed E-state index contributed by atoms with van der Waals surface area (Å²) in [6, 6.07) is 16.9.